The highest BCUT2D eigenvalue weighted by molar-refractivity contribution is 7.80. The van der Waals surface area contributed by atoms with Crippen molar-refractivity contribution in [2.75, 3.05) is 6.61 Å². The number of ether oxygens (including phenoxy) is 1. The predicted octanol–water partition coefficient (Wildman–Crippen LogP) is 3.20. The van der Waals surface area contributed by atoms with Crippen molar-refractivity contribution in [3.05, 3.63) is 59.3 Å². The van der Waals surface area contributed by atoms with Gasteiger partial charge in [0.15, 0.2) is 5.11 Å². The Morgan fingerprint density at radius 1 is 1.22 bits per heavy atom. The fourth-order valence-electron chi connectivity index (χ4n) is 2.91. The van der Waals surface area contributed by atoms with Gasteiger partial charge < -0.3 is 15.4 Å². The number of fused-ring (bicyclic) bond motifs is 1. The second kappa shape index (κ2) is 6.38. The SMILES string of the molecule is CCOC(=O)C1=C(C)NC(=S)N[C@H]1c1cccc2ccccc12. The first-order valence-corrected chi connectivity index (χ1v) is 7.95. The molecule has 0 bridgehead atoms. The Morgan fingerprint density at radius 3 is 2.74 bits per heavy atom. The standard InChI is InChI=1S/C18H18N2O2S/c1-3-22-17(21)15-11(2)19-18(23)20-16(15)14-10-6-8-12-7-4-5-9-13(12)14/h4-10,16H,3H2,1-2H3,(H2,19,20,23)/t16-/m0/s1. The van der Waals surface area contributed by atoms with Gasteiger partial charge >= 0.3 is 5.97 Å². The molecule has 1 atom stereocenters. The molecule has 23 heavy (non-hydrogen) atoms. The van der Waals surface area contributed by atoms with Crippen LogP contribution in [0.2, 0.25) is 0 Å². The van der Waals surface area contributed by atoms with Crippen LogP contribution in [-0.2, 0) is 9.53 Å². The fourth-order valence-corrected chi connectivity index (χ4v) is 3.18. The molecule has 0 fully saturated rings. The summed E-state index contributed by atoms with van der Waals surface area (Å²) in [6, 6.07) is 13.8. The first-order valence-electron chi connectivity index (χ1n) is 7.55. The van der Waals surface area contributed by atoms with Crippen LogP contribution in [0.5, 0.6) is 0 Å². The molecule has 0 unspecified atom stereocenters. The second-order valence-corrected chi connectivity index (χ2v) is 5.77. The molecule has 118 valence electrons. The van der Waals surface area contributed by atoms with Crippen LogP contribution in [0.3, 0.4) is 0 Å². The Kier molecular flexibility index (Phi) is 4.30. The Morgan fingerprint density at radius 2 is 1.96 bits per heavy atom. The van der Waals surface area contributed by atoms with Gasteiger partial charge in [0.25, 0.3) is 0 Å². The van der Waals surface area contributed by atoms with Crippen LogP contribution in [0.1, 0.15) is 25.5 Å². The van der Waals surface area contributed by atoms with Crippen molar-refractivity contribution in [2.45, 2.75) is 19.9 Å². The number of carbonyl (C=O) groups is 1. The maximum Gasteiger partial charge on any atom is 0.338 e. The van der Waals surface area contributed by atoms with E-state index in [-0.39, 0.29) is 12.0 Å². The summed E-state index contributed by atoms with van der Waals surface area (Å²) in [5.41, 5.74) is 2.30. The number of nitrogens with one attached hydrogen (secondary N) is 2. The van der Waals surface area contributed by atoms with E-state index in [0.717, 1.165) is 22.0 Å². The molecule has 0 saturated heterocycles. The minimum absolute atomic E-state index is 0.325. The predicted molar refractivity (Wildman–Crippen MR) is 94.9 cm³/mol. The third kappa shape index (κ3) is 2.92. The summed E-state index contributed by atoms with van der Waals surface area (Å²) in [5.74, 6) is -0.328. The van der Waals surface area contributed by atoms with Crippen molar-refractivity contribution in [3.8, 4) is 0 Å². The van der Waals surface area contributed by atoms with Crippen LogP contribution in [0.15, 0.2) is 53.7 Å². The molecule has 2 aromatic rings. The van der Waals surface area contributed by atoms with Crippen molar-refractivity contribution in [1.29, 1.82) is 0 Å². The number of benzene rings is 2. The van der Waals surface area contributed by atoms with E-state index in [1.807, 2.05) is 31.2 Å². The molecular formula is C18H18N2O2S. The van der Waals surface area contributed by atoms with Gasteiger partial charge in [-0.25, -0.2) is 4.79 Å². The maximum absolute atomic E-state index is 12.4. The molecule has 0 aliphatic carbocycles. The van der Waals surface area contributed by atoms with E-state index in [1.54, 1.807) is 6.92 Å². The molecule has 0 saturated carbocycles. The molecule has 5 heteroatoms. The lowest BCUT2D eigenvalue weighted by molar-refractivity contribution is -0.139. The lowest BCUT2D eigenvalue weighted by Crippen LogP contribution is -2.45. The number of rotatable bonds is 3. The number of esters is 1. The van der Waals surface area contributed by atoms with Gasteiger partial charge in [0.2, 0.25) is 0 Å². The molecule has 1 aliphatic rings. The normalized spacial score (nSPS) is 17.7. The highest BCUT2D eigenvalue weighted by Gasteiger charge is 2.31. The zero-order valence-electron chi connectivity index (χ0n) is 13.1. The first-order chi connectivity index (χ1) is 11.1. The summed E-state index contributed by atoms with van der Waals surface area (Å²) in [6.07, 6.45) is 0. The average Bonchev–Trinajstić information content (AvgIpc) is 2.53. The maximum atomic E-state index is 12.4. The quantitative estimate of drug-likeness (QED) is 0.670. The Balaban J connectivity index is 2.16. The van der Waals surface area contributed by atoms with Gasteiger partial charge in [-0.05, 0) is 42.4 Å². The summed E-state index contributed by atoms with van der Waals surface area (Å²) >= 11 is 5.28. The molecule has 0 radical (unpaired) electrons. The smallest absolute Gasteiger partial charge is 0.338 e. The molecule has 1 heterocycles. The van der Waals surface area contributed by atoms with Crippen LogP contribution >= 0.6 is 12.2 Å². The minimum atomic E-state index is -0.328. The Bertz CT molecular complexity index is 808. The topological polar surface area (TPSA) is 50.4 Å². The van der Waals surface area contributed by atoms with Crippen molar-refractivity contribution in [1.82, 2.24) is 10.6 Å². The largest absolute Gasteiger partial charge is 0.463 e. The Labute approximate surface area is 140 Å². The molecule has 3 rings (SSSR count). The van der Waals surface area contributed by atoms with Crippen LogP contribution in [0, 0.1) is 0 Å². The number of hydrogen-bond donors (Lipinski definition) is 2. The number of thiocarbonyl (C=S) groups is 1. The number of allylic oxidation sites excluding steroid dienone is 1. The highest BCUT2D eigenvalue weighted by atomic mass is 32.1. The second-order valence-electron chi connectivity index (χ2n) is 5.36. The van der Waals surface area contributed by atoms with Gasteiger partial charge in [0.1, 0.15) is 0 Å². The minimum Gasteiger partial charge on any atom is -0.463 e. The summed E-state index contributed by atoms with van der Waals surface area (Å²) < 4.78 is 5.23. The summed E-state index contributed by atoms with van der Waals surface area (Å²) in [4.78, 5) is 12.4. The summed E-state index contributed by atoms with van der Waals surface area (Å²) in [5, 5.41) is 8.94. The van der Waals surface area contributed by atoms with Gasteiger partial charge in [-0.2, -0.15) is 0 Å². The third-order valence-electron chi connectivity index (χ3n) is 3.90. The van der Waals surface area contributed by atoms with Gasteiger partial charge in [0, 0.05) is 5.70 Å². The molecule has 0 amide bonds. The van der Waals surface area contributed by atoms with E-state index in [1.165, 1.54) is 0 Å². The van der Waals surface area contributed by atoms with E-state index in [0.29, 0.717) is 17.3 Å². The van der Waals surface area contributed by atoms with E-state index >= 15 is 0 Å². The van der Waals surface area contributed by atoms with E-state index in [2.05, 4.69) is 28.8 Å². The van der Waals surface area contributed by atoms with E-state index in [9.17, 15) is 4.79 Å². The number of carbonyl (C=O) groups excluding carboxylic acids is 1. The van der Waals surface area contributed by atoms with Crippen LogP contribution in [-0.4, -0.2) is 17.7 Å². The van der Waals surface area contributed by atoms with Crippen LogP contribution in [0.25, 0.3) is 10.8 Å². The lowest BCUT2D eigenvalue weighted by Gasteiger charge is -2.30. The monoisotopic (exact) mass is 326 g/mol. The summed E-state index contributed by atoms with van der Waals surface area (Å²) in [7, 11) is 0. The van der Waals surface area contributed by atoms with Crippen LogP contribution < -0.4 is 10.6 Å². The van der Waals surface area contributed by atoms with Crippen molar-refractivity contribution >= 4 is 34.1 Å². The molecule has 2 N–H and O–H groups in total. The van der Waals surface area contributed by atoms with Gasteiger partial charge in [-0.1, -0.05) is 42.5 Å². The van der Waals surface area contributed by atoms with Gasteiger partial charge in [0.05, 0.1) is 18.2 Å². The van der Waals surface area contributed by atoms with Crippen molar-refractivity contribution in [2.24, 2.45) is 0 Å². The van der Waals surface area contributed by atoms with Crippen LogP contribution in [0.4, 0.5) is 0 Å². The molecule has 4 nitrogen and oxygen atoms in total. The zero-order chi connectivity index (χ0) is 16.4. The number of hydrogen-bond acceptors (Lipinski definition) is 3. The van der Waals surface area contributed by atoms with E-state index in [4.69, 9.17) is 17.0 Å². The van der Waals surface area contributed by atoms with Gasteiger partial charge in [-0.15, -0.1) is 0 Å². The molecule has 2 aromatic carbocycles. The lowest BCUT2D eigenvalue weighted by atomic mass is 9.91. The first kappa shape index (κ1) is 15.5. The third-order valence-corrected chi connectivity index (χ3v) is 4.12. The average molecular weight is 326 g/mol. The molecule has 1 aliphatic heterocycles. The van der Waals surface area contributed by atoms with Gasteiger partial charge in [-0.3, -0.25) is 0 Å². The molecule has 0 aromatic heterocycles. The highest BCUT2D eigenvalue weighted by Crippen LogP contribution is 2.32. The molecular weight excluding hydrogens is 308 g/mol. The molecule has 0 spiro atoms. The fraction of sp³-hybridized carbons (Fsp3) is 0.222. The van der Waals surface area contributed by atoms with Crippen molar-refractivity contribution < 1.29 is 9.53 Å². The Hall–Kier alpha value is -2.40. The van der Waals surface area contributed by atoms with E-state index < -0.39 is 0 Å². The zero-order valence-corrected chi connectivity index (χ0v) is 13.9. The van der Waals surface area contributed by atoms with Crippen molar-refractivity contribution in [3.63, 3.8) is 0 Å². The summed E-state index contributed by atoms with van der Waals surface area (Å²) in [6.45, 7) is 3.98.